The van der Waals surface area contributed by atoms with E-state index in [-0.39, 0.29) is 42.0 Å². The summed E-state index contributed by atoms with van der Waals surface area (Å²) in [4.78, 5) is 9.56. The molecule has 2 atom stereocenters. The van der Waals surface area contributed by atoms with Gasteiger partial charge in [-0.15, -0.1) is 24.0 Å². The Balaban J connectivity index is 0.00000300. The molecule has 3 rings (SSSR count). The SMILES string of the molecule is CCNC(=NCCCN1CCOCC1)N1CC(C)OC(c2ccc(F)cc2)C1.I. The number of ether oxygens (including phenoxy) is 2. The van der Waals surface area contributed by atoms with Gasteiger partial charge in [0, 0.05) is 39.3 Å². The van der Waals surface area contributed by atoms with Gasteiger partial charge in [-0.25, -0.2) is 4.39 Å². The fourth-order valence-electron chi connectivity index (χ4n) is 3.72. The van der Waals surface area contributed by atoms with Gasteiger partial charge in [0.25, 0.3) is 0 Å². The highest BCUT2D eigenvalue weighted by atomic mass is 127. The maximum atomic E-state index is 13.3. The highest BCUT2D eigenvalue weighted by Crippen LogP contribution is 2.25. The van der Waals surface area contributed by atoms with Crippen LogP contribution in [-0.2, 0) is 9.47 Å². The van der Waals surface area contributed by atoms with Crippen LogP contribution < -0.4 is 5.32 Å². The van der Waals surface area contributed by atoms with Crippen LogP contribution in [0.3, 0.4) is 0 Å². The molecule has 6 nitrogen and oxygen atoms in total. The zero-order valence-corrected chi connectivity index (χ0v) is 19.8. The van der Waals surface area contributed by atoms with Gasteiger partial charge in [-0.1, -0.05) is 12.1 Å². The van der Waals surface area contributed by atoms with Crippen molar-refractivity contribution in [3.05, 3.63) is 35.6 Å². The Morgan fingerprint density at radius 1 is 1.21 bits per heavy atom. The van der Waals surface area contributed by atoms with E-state index in [2.05, 4.69) is 29.0 Å². The molecule has 0 radical (unpaired) electrons. The highest BCUT2D eigenvalue weighted by Gasteiger charge is 2.28. The second-order valence-corrected chi connectivity index (χ2v) is 7.44. The van der Waals surface area contributed by atoms with E-state index in [1.807, 2.05) is 12.1 Å². The third kappa shape index (κ3) is 7.66. The van der Waals surface area contributed by atoms with Gasteiger partial charge >= 0.3 is 0 Å². The number of nitrogens with one attached hydrogen (secondary N) is 1. The van der Waals surface area contributed by atoms with Crippen LogP contribution in [0.5, 0.6) is 0 Å². The maximum absolute atomic E-state index is 13.3. The number of morpholine rings is 2. The first-order valence-electron chi connectivity index (χ1n) is 10.4. The smallest absolute Gasteiger partial charge is 0.194 e. The van der Waals surface area contributed by atoms with Crippen molar-refractivity contribution in [2.75, 3.05) is 59.0 Å². The number of rotatable bonds is 6. The van der Waals surface area contributed by atoms with Crippen molar-refractivity contribution in [3.8, 4) is 0 Å². The molecule has 1 N–H and O–H groups in total. The molecule has 29 heavy (non-hydrogen) atoms. The predicted octanol–water partition coefficient (Wildman–Crippen LogP) is 2.89. The monoisotopic (exact) mass is 520 g/mol. The number of benzene rings is 1. The van der Waals surface area contributed by atoms with Crippen molar-refractivity contribution in [3.63, 3.8) is 0 Å². The summed E-state index contributed by atoms with van der Waals surface area (Å²) in [5.41, 5.74) is 1.00. The molecule has 8 heteroatoms. The molecule has 1 aromatic rings. The van der Waals surface area contributed by atoms with Crippen molar-refractivity contribution >= 4 is 29.9 Å². The van der Waals surface area contributed by atoms with Crippen molar-refractivity contribution in [1.29, 1.82) is 0 Å². The average molecular weight is 520 g/mol. The number of guanidine groups is 1. The van der Waals surface area contributed by atoms with E-state index in [4.69, 9.17) is 14.5 Å². The number of halogens is 2. The van der Waals surface area contributed by atoms with Crippen molar-refractivity contribution < 1.29 is 13.9 Å². The number of hydrogen-bond donors (Lipinski definition) is 1. The number of nitrogens with zero attached hydrogens (tertiary/aromatic N) is 3. The van der Waals surface area contributed by atoms with E-state index >= 15 is 0 Å². The van der Waals surface area contributed by atoms with Gasteiger partial charge in [0.15, 0.2) is 5.96 Å². The average Bonchev–Trinajstić information content (AvgIpc) is 2.71. The zero-order valence-electron chi connectivity index (χ0n) is 17.5. The van der Waals surface area contributed by atoms with Crippen LogP contribution >= 0.6 is 24.0 Å². The summed E-state index contributed by atoms with van der Waals surface area (Å²) in [6.07, 6.45) is 1.04. The lowest BCUT2D eigenvalue weighted by Crippen LogP contribution is -2.50. The molecule has 0 aliphatic carbocycles. The lowest BCUT2D eigenvalue weighted by molar-refractivity contribution is -0.0605. The largest absolute Gasteiger partial charge is 0.379 e. The van der Waals surface area contributed by atoms with Gasteiger partial charge in [0.1, 0.15) is 11.9 Å². The second kappa shape index (κ2) is 12.7. The summed E-state index contributed by atoms with van der Waals surface area (Å²) in [6.45, 7) is 12.1. The van der Waals surface area contributed by atoms with E-state index in [9.17, 15) is 4.39 Å². The van der Waals surface area contributed by atoms with Gasteiger partial charge in [0.2, 0.25) is 0 Å². The lowest BCUT2D eigenvalue weighted by atomic mass is 10.1. The first kappa shape index (κ1) is 24.3. The Morgan fingerprint density at radius 3 is 2.62 bits per heavy atom. The molecule has 2 fully saturated rings. The Morgan fingerprint density at radius 2 is 1.93 bits per heavy atom. The predicted molar refractivity (Wildman–Crippen MR) is 125 cm³/mol. The summed E-state index contributed by atoms with van der Waals surface area (Å²) in [6, 6.07) is 6.60. The molecule has 2 aliphatic heterocycles. The van der Waals surface area contributed by atoms with E-state index in [0.717, 1.165) is 70.4 Å². The molecule has 0 bridgehead atoms. The molecule has 164 valence electrons. The number of aliphatic imine (C=N–C) groups is 1. The molecule has 0 saturated carbocycles. The van der Waals surface area contributed by atoms with E-state index in [1.54, 1.807) is 0 Å². The number of hydrogen-bond acceptors (Lipinski definition) is 4. The van der Waals surface area contributed by atoms with Crippen molar-refractivity contribution in [2.45, 2.75) is 32.5 Å². The topological polar surface area (TPSA) is 49.3 Å². The Hall–Kier alpha value is -0.970. The molecule has 2 heterocycles. The summed E-state index contributed by atoms with van der Waals surface area (Å²) in [7, 11) is 0. The normalized spacial score (nSPS) is 23.6. The maximum Gasteiger partial charge on any atom is 0.194 e. The van der Waals surface area contributed by atoms with Gasteiger partial charge in [-0.3, -0.25) is 9.89 Å². The quantitative estimate of drug-likeness (QED) is 0.271. The van der Waals surface area contributed by atoms with Gasteiger partial charge in [0.05, 0.1) is 25.9 Å². The molecule has 0 spiro atoms. The molecule has 0 amide bonds. The van der Waals surface area contributed by atoms with Crippen LogP contribution in [0, 0.1) is 5.82 Å². The van der Waals surface area contributed by atoms with Crippen molar-refractivity contribution in [2.24, 2.45) is 4.99 Å². The summed E-state index contributed by atoms with van der Waals surface area (Å²) in [5.74, 6) is 0.714. The molecular weight excluding hydrogens is 486 g/mol. The standard InChI is InChI=1S/C21H33FN4O2.HI/c1-3-23-21(24-9-4-10-25-11-13-27-14-12-25)26-15-17(2)28-20(16-26)18-5-7-19(22)8-6-18;/h5-8,17,20H,3-4,9-16H2,1-2H3,(H,23,24);1H. The van der Waals surface area contributed by atoms with Gasteiger partial charge in [-0.05, 0) is 38.0 Å². The molecule has 2 aliphatic rings. The molecule has 2 unspecified atom stereocenters. The first-order valence-corrected chi connectivity index (χ1v) is 10.4. The molecule has 2 saturated heterocycles. The summed E-state index contributed by atoms with van der Waals surface area (Å²) >= 11 is 0. The van der Waals surface area contributed by atoms with Crippen LogP contribution in [0.2, 0.25) is 0 Å². The van der Waals surface area contributed by atoms with Gasteiger partial charge < -0.3 is 19.7 Å². The van der Waals surface area contributed by atoms with E-state index in [1.165, 1.54) is 12.1 Å². The van der Waals surface area contributed by atoms with Gasteiger partial charge in [-0.2, -0.15) is 0 Å². The minimum absolute atomic E-state index is 0. The summed E-state index contributed by atoms with van der Waals surface area (Å²) in [5, 5.41) is 3.42. The third-order valence-corrected chi connectivity index (χ3v) is 5.13. The summed E-state index contributed by atoms with van der Waals surface area (Å²) < 4.78 is 24.8. The lowest BCUT2D eigenvalue weighted by Gasteiger charge is -2.38. The van der Waals surface area contributed by atoms with Crippen LogP contribution in [0.25, 0.3) is 0 Å². The minimum Gasteiger partial charge on any atom is -0.379 e. The molecule has 0 aromatic heterocycles. The minimum atomic E-state index is -0.223. The Labute approximate surface area is 190 Å². The van der Waals surface area contributed by atoms with Crippen molar-refractivity contribution in [1.82, 2.24) is 15.1 Å². The van der Waals surface area contributed by atoms with E-state index in [0.29, 0.717) is 6.54 Å². The second-order valence-electron chi connectivity index (χ2n) is 7.44. The molecule has 1 aromatic carbocycles. The van der Waals surface area contributed by atoms with Crippen LogP contribution in [0.4, 0.5) is 4.39 Å². The highest BCUT2D eigenvalue weighted by molar-refractivity contribution is 14.0. The Kier molecular flexibility index (Phi) is 10.6. The van der Waals surface area contributed by atoms with Crippen LogP contribution in [0.15, 0.2) is 29.3 Å². The fraction of sp³-hybridized carbons (Fsp3) is 0.667. The fourth-order valence-corrected chi connectivity index (χ4v) is 3.72. The first-order chi connectivity index (χ1) is 13.7. The zero-order chi connectivity index (χ0) is 19.8. The molecular formula is C21H34FIN4O2. The van der Waals surface area contributed by atoms with Crippen LogP contribution in [-0.4, -0.2) is 80.9 Å². The third-order valence-electron chi connectivity index (χ3n) is 5.13. The Bertz CT molecular complexity index is 626. The van der Waals surface area contributed by atoms with Crippen LogP contribution in [0.1, 0.15) is 31.9 Å². The van der Waals surface area contributed by atoms with E-state index < -0.39 is 0 Å².